The molecular formula is C15H20O2. The third kappa shape index (κ3) is 4.06. The van der Waals surface area contributed by atoms with Crippen molar-refractivity contribution in [1.29, 1.82) is 0 Å². The Morgan fingerprint density at radius 3 is 2.24 bits per heavy atom. The van der Waals surface area contributed by atoms with Crippen molar-refractivity contribution >= 4 is 12.0 Å². The molecule has 0 fully saturated rings. The van der Waals surface area contributed by atoms with Gasteiger partial charge in [0.2, 0.25) is 0 Å². The Hall–Kier alpha value is -1.57. The Labute approximate surface area is 103 Å². The van der Waals surface area contributed by atoms with Gasteiger partial charge >= 0.3 is 5.97 Å². The van der Waals surface area contributed by atoms with E-state index >= 15 is 0 Å². The summed E-state index contributed by atoms with van der Waals surface area (Å²) in [5.41, 5.74) is 1.57. The zero-order valence-corrected chi connectivity index (χ0v) is 11.0. The van der Waals surface area contributed by atoms with Crippen molar-refractivity contribution in [2.75, 3.05) is 0 Å². The van der Waals surface area contributed by atoms with Crippen molar-refractivity contribution in [1.82, 2.24) is 0 Å². The average molecular weight is 232 g/mol. The second-order valence-corrected chi connectivity index (χ2v) is 5.13. The van der Waals surface area contributed by atoms with E-state index in [2.05, 4.69) is 6.58 Å². The smallest absolute Gasteiger partial charge is 0.313 e. The average Bonchev–Trinajstić information content (AvgIpc) is 2.26. The first-order valence-electron chi connectivity index (χ1n) is 5.79. The Kier molecular flexibility index (Phi) is 4.11. The van der Waals surface area contributed by atoms with Crippen molar-refractivity contribution < 1.29 is 9.53 Å². The fourth-order valence-corrected chi connectivity index (χ4v) is 1.45. The summed E-state index contributed by atoms with van der Waals surface area (Å²) in [6.07, 6.45) is 1.78. The minimum absolute atomic E-state index is 0.191. The Morgan fingerprint density at radius 1 is 1.29 bits per heavy atom. The summed E-state index contributed by atoms with van der Waals surface area (Å²) in [5, 5.41) is 0. The lowest BCUT2D eigenvalue weighted by Crippen LogP contribution is -2.26. The topological polar surface area (TPSA) is 26.3 Å². The fraction of sp³-hybridized carbons (Fsp3) is 0.400. The van der Waals surface area contributed by atoms with E-state index in [1.165, 1.54) is 0 Å². The maximum atomic E-state index is 11.9. The molecule has 0 aliphatic heterocycles. The molecule has 0 N–H and O–H groups in total. The van der Waals surface area contributed by atoms with Crippen LogP contribution in [0.1, 0.15) is 44.7 Å². The van der Waals surface area contributed by atoms with Gasteiger partial charge in [0.05, 0.1) is 5.92 Å². The molecule has 2 heteroatoms. The monoisotopic (exact) mass is 232 g/mol. The molecule has 0 saturated carbocycles. The van der Waals surface area contributed by atoms with Crippen molar-refractivity contribution in [3.8, 4) is 0 Å². The van der Waals surface area contributed by atoms with E-state index in [4.69, 9.17) is 4.74 Å². The maximum absolute atomic E-state index is 11.9. The lowest BCUT2D eigenvalue weighted by molar-refractivity contribution is -0.156. The molecule has 0 amide bonds. The Morgan fingerprint density at radius 2 is 1.82 bits per heavy atom. The molecule has 17 heavy (non-hydrogen) atoms. The first-order valence-corrected chi connectivity index (χ1v) is 5.79. The summed E-state index contributed by atoms with van der Waals surface area (Å²) >= 11 is 0. The predicted octanol–water partition coefficient (Wildman–Crippen LogP) is 3.77. The summed E-state index contributed by atoms with van der Waals surface area (Å²) in [5.74, 6) is -0.433. The molecule has 0 radical (unpaired) electrons. The minimum atomic E-state index is -0.438. The Balaban J connectivity index is 2.78. The normalized spacial score (nSPS) is 12.9. The van der Waals surface area contributed by atoms with Crippen LogP contribution in [0.25, 0.3) is 6.08 Å². The van der Waals surface area contributed by atoms with Crippen LogP contribution in [0.3, 0.4) is 0 Å². The third-order valence-corrected chi connectivity index (χ3v) is 2.43. The van der Waals surface area contributed by atoms with Crippen molar-refractivity contribution in [3.63, 3.8) is 0 Å². The highest BCUT2D eigenvalue weighted by molar-refractivity contribution is 5.78. The molecule has 92 valence electrons. The van der Waals surface area contributed by atoms with Gasteiger partial charge in [-0.3, -0.25) is 4.79 Å². The molecule has 1 unspecified atom stereocenters. The molecular weight excluding hydrogens is 212 g/mol. The van der Waals surface area contributed by atoms with Gasteiger partial charge < -0.3 is 4.74 Å². The largest absolute Gasteiger partial charge is 0.460 e. The van der Waals surface area contributed by atoms with Gasteiger partial charge in [-0.05, 0) is 38.8 Å². The van der Waals surface area contributed by atoms with Gasteiger partial charge in [0, 0.05) is 0 Å². The number of rotatable bonds is 3. The number of hydrogen-bond acceptors (Lipinski definition) is 2. The molecule has 1 rings (SSSR count). The van der Waals surface area contributed by atoms with Crippen LogP contribution in [0, 0.1) is 0 Å². The lowest BCUT2D eigenvalue weighted by Gasteiger charge is -2.22. The summed E-state index contributed by atoms with van der Waals surface area (Å²) in [6, 6.07) is 7.77. The SMILES string of the molecule is C=Cc1ccc(C(C)C(=O)OC(C)(C)C)cc1. The number of carbonyl (C=O) groups excluding carboxylic acids is 1. The van der Waals surface area contributed by atoms with Crippen LogP contribution < -0.4 is 0 Å². The summed E-state index contributed by atoms with van der Waals surface area (Å²) in [4.78, 5) is 11.9. The van der Waals surface area contributed by atoms with Gasteiger partial charge in [-0.25, -0.2) is 0 Å². The van der Waals surface area contributed by atoms with Gasteiger partial charge in [0.15, 0.2) is 0 Å². The number of esters is 1. The molecule has 1 aromatic carbocycles. The van der Waals surface area contributed by atoms with E-state index in [0.29, 0.717) is 0 Å². The van der Waals surface area contributed by atoms with Gasteiger partial charge in [-0.2, -0.15) is 0 Å². The van der Waals surface area contributed by atoms with Crippen LogP contribution in [-0.4, -0.2) is 11.6 Å². The second-order valence-electron chi connectivity index (χ2n) is 5.13. The van der Waals surface area contributed by atoms with Crippen molar-refractivity contribution in [2.24, 2.45) is 0 Å². The van der Waals surface area contributed by atoms with E-state index in [-0.39, 0.29) is 11.9 Å². The van der Waals surface area contributed by atoms with Gasteiger partial charge in [0.25, 0.3) is 0 Å². The fourth-order valence-electron chi connectivity index (χ4n) is 1.45. The van der Waals surface area contributed by atoms with E-state index in [9.17, 15) is 4.79 Å². The van der Waals surface area contributed by atoms with Crippen LogP contribution in [0.2, 0.25) is 0 Å². The molecule has 0 aliphatic carbocycles. The van der Waals surface area contributed by atoms with E-state index in [0.717, 1.165) is 11.1 Å². The molecule has 0 bridgehead atoms. The zero-order chi connectivity index (χ0) is 13.1. The third-order valence-electron chi connectivity index (χ3n) is 2.43. The highest BCUT2D eigenvalue weighted by atomic mass is 16.6. The minimum Gasteiger partial charge on any atom is -0.460 e. The van der Waals surface area contributed by atoms with Crippen LogP contribution in [0.4, 0.5) is 0 Å². The maximum Gasteiger partial charge on any atom is 0.313 e. The second kappa shape index (κ2) is 5.17. The first-order chi connectivity index (χ1) is 7.83. The van der Waals surface area contributed by atoms with E-state index in [1.54, 1.807) is 6.08 Å². The molecule has 0 spiro atoms. The van der Waals surface area contributed by atoms with Gasteiger partial charge in [0.1, 0.15) is 5.60 Å². The molecule has 0 heterocycles. The summed E-state index contributed by atoms with van der Waals surface area (Å²) in [7, 11) is 0. The molecule has 2 nitrogen and oxygen atoms in total. The van der Waals surface area contributed by atoms with E-state index in [1.807, 2.05) is 52.0 Å². The summed E-state index contributed by atoms with van der Waals surface area (Å²) in [6.45, 7) is 11.2. The van der Waals surface area contributed by atoms with Crippen LogP contribution in [0.5, 0.6) is 0 Å². The van der Waals surface area contributed by atoms with Gasteiger partial charge in [-0.15, -0.1) is 0 Å². The summed E-state index contributed by atoms with van der Waals surface area (Å²) < 4.78 is 5.35. The lowest BCUT2D eigenvalue weighted by atomic mass is 9.99. The number of hydrogen-bond donors (Lipinski definition) is 0. The number of ether oxygens (including phenoxy) is 1. The highest BCUT2D eigenvalue weighted by Gasteiger charge is 2.22. The van der Waals surface area contributed by atoms with Crippen molar-refractivity contribution in [3.05, 3.63) is 42.0 Å². The first kappa shape index (κ1) is 13.5. The zero-order valence-electron chi connectivity index (χ0n) is 11.0. The van der Waals surface area contributed by atoms with Crippen molar-refractivity contribution in [2.45, 2.75) is 39.2 Å². The quantitative estimate of drug-likeness (QED) is 0.741. The number of carbonyl (C=O) groups is 1. The Bertz CT molecular complexity index is 396. The number of benzene rings is 1. The molecule has 0 saturated heterocycles. The van der Waals surface area contributed by atoms with Crippen LogP contribution in [0.15, 0.2) is 30.8 Å². The predicted molar refractivity (Wildman–Crippen MR) is 70.8 cm³/mol. The highest BCUT2D eigenvalue weighted by Crippen LogP contribution is 2.20. The standard InChI is InChI=1S/C15H20O2/c1-6-12-7-9-13(10-8-12)11(2)14(16)17-15(3,4)5/h6-11H,1H2,2-5H3. The van der Waals surface area contributed by atoms with Gasteiger partial charge in [-0.1, -0.05) is 36.9 Å². The molecule has 1 aromatic rings. The molecule has 0 aromatic heterocycles. The van der Waals surface area contributed by atoms with Crippen LogP contribution >= 0.6 is 0 Å². The molecule has 1 atom stereocenters. The van der Waals surface area contributed by atoms with Crippen LogP contribution in [-0.2, 0) is 9.53 Å². The molecule has 0 aliphatic rings. The van der Waals surface area contributed by atoms with E-state index < -0.39 is 5.60 Å².